The van der Waals surface area contributed by atoms with Crippen LogP contribution in [0.5, 0.6) is 5.75 Å². The third-order valence-corrected chi connectivity index (χ3v) is 5.68. The number of nitrogens with zero attached hydrogens (tertiary/aromatic N) is 2. The van der Waals surface area contributed by atoms with Gasteiger partial charge in [-0.3, -0.25) is 20.2 Å². The van der Waals surface area contributed by atoms with E-state index in [0.717, 1.165) is 12.0 Å². The number of ether oxygens (including phenoxy) is 1. The summed E-state index contributed by atoms with van der Waals surface area (Å²) < 4.78 is 5.71. The fourth-order valence-electron chi connectivity index (χ4n) is 4.15. The van der Waals surface area contributed by atoms with E-state index in [4.69, 9.17) is 4.74 Å². The Labute approximate surface area is 170 Å². The Kier molecular flexibility index (Phi) is 6.80. The minimum atomic E-state index is -0.638. The SMILES string of the molecule is CCCC1CCC(c2ccc(OCc3cc([N+](=O)[O-])cc([N+](=O)[O-])c3)cc2)CC1. The van der Waals surface area contributed by atoms with Gasteiger partial charge in [0.05, 0.1) is 15.9 Å². The molecule has 0 aliphatic heterocycles. The normalized spacial score (nSPS) is 18.9. The molecule has 154 valence electrons. The van der Waals surface area contributed by atoms with E-state index in [1.807, 2.05) is 12.1 Å². The molecule has 1 fully saturated rings. The monoisotopic (exact) mass is 398 g/mol. The highest BCUT2D eigenvalue weighted by Gasteiger charge is 2.22. The standard InChI is InChI=1S/C22H26N2O5/c1-2-3-16-4-6-18(7-5-16)19-8-10-22(11-9-19)29-15-17-12-20(23(25)26)14-21(13-17)24(27)28/h8-14,16,18H,2-7,15H2,1H3. The molecule has 2 aromatic rings. The summed E-state index contributed by atoms with van der Waals surface area (Å²) in [5, 5.41) is 22.0. The van der Waals surface area contributed by atoms with E-state index in [2.05, 4.69) is 19.1 Å². The number of hydrogen-bond acceptors (Lipinski definition) is 5. The molecular formula is C22H26N2O5. The first-order valence-electron chi connectivity index (χ1n) is 10.1. The van der Waals surface area contributed by atoms with E-state index in [1.54, 1.807) is 0 Å². The Balaban J connectivity index is 1.61. The molecule has 2 aromatic carbocycles. The van der Waals surface area contributed by atoms with Gasteiger partial charge in [0.15, 0.2) is 0 Å². The Morgan fingerprint density at radius 3 is 2.03 bits per heavy atom. The topological polar surface area (TPSA) is 95.5 Å². The number of nitro groups is 2. The molecule has 0 aromatic heterocycles. The third kappa shape index (κ3) is 5.53. The lowest BCUT2D eigenvalue weighted by Crippen LogP contribution is -2.13. The molecule has 7 heteroatoms. The smallest absolute Gasteiger partial charge is 0.276 e. The van der Waals surface area contributed by atoms with E-state index >= 15 is 0 Å². The van der Waals surface area contributed by atoms with Gasteiger partial charge < -0.3 is 4.74 Å². The van der Waals surface area contributed by atoms with Crippen LogP contribution in [0.3, 0.4) is 0 Å². The van der Waals surface area contributed by atoms with Crippen molar-refractivity contribution in [3.63, 3.8) is 0 Å². The number of benzene rings is 2. The molecule has 0 unspecified atom stereocenters. The lowest BCUT2D eigenvalue weighted by molar-refractivity contribution is -0.394. The molecule has 1 aliphatic carbocycles. The van der Waals surface area contributed by atoms with Crippen molar-refractivity contribution in [2.24, 2.45) is 5.92 Å². The van der Waals surface area contributed by atoms with E-state index in [-0.39, 0.29) is 18.0 Å². The van der Waals surface area contributed by atoms with Crippen LogP contribution in [0.2, 0.25) is 0 Å². The van der Waals surface area contributed by atoms with Gasteiger partial charge in [0.2, 0.25) is 0 Å². The lowest BCUT2D eigenvalue weighted by atomic mass is 9.77. The van der Waals surface area contributed by atoms with Gasteiger partial charge in [-0.05, 0) is 55.2 Å². The van der Waals surface area contributed by atoms with Crippen molar-refractivity contribution in [1.29, 1.82) is 0 Å². The van der Waals surface area contributed by atoms with Gasteiger partial charge in [-0.15, -0.1) is 0 Å². The average Bonchev–Trinajstić information content (AvgIpc) is 2.73. The zero-order valence-corrected chi connectivity index (χ0v) is 16.6. The molecule has 0 saturated heterocycles. The quantitative estimate of drug-likeness (QED) is 0.392. The van der Waals surface area contributed by atoms with Crippen molar-refractivity contribution in [1.82, 2.24) is 0 Å². The maximum Gasteiger partial charge on any atom is 0.276 e. The number of hydrogen-bond donors (Lipinski definition) is 0. The van der Waals surface area contributed by atoms with Crippen LogP contribution in [0, 0.1) is 26.1 Å². The predicted octanol–water partition coefficient (Wildman–Crippen LogP) is 6.16. The molecule has 7 nitrogen and oxygen atoms in total. The van der Waals surface area contributed by atoms with Gasteiger partial charge in [0.1, 0.15) is 12.4 Å². The summed E-state index contributed by atoms with van der Waals surface area (Å²) in [6.45, 7) is 2.28. The van der Waals surface area contributed by atoms with Gasteiger partial charge in [-0.2, -0.15) is 0 Å². The molecule has 29 heavy (non-hydrogen) atoms. The highest BCUT2D eigenvalue weighted by atomic mass is 16.6. The molecule has 0 amide bonds. The van der Waals surface area contributed by atoms with Crippen molar-refractivity contribution in [3.05, 3.63) is 73.8 Å². The summed E-state index contributed by atoms with van der Waals surface area (Å²) in [4.78, 5) is 20.7. The summed E-state index contributed by atoms with van der Waals surface area (Å²) in [5.74, 6) is 2.11. The molecule has 0 atom stereocenters. The average molecular weight is 398 g/mol. The fourth-order valence-corrected chi connectivity index (χ4v) is 4.15. The molecule has 0 spiro atoms. The summed E-state index contributed by atoms with van der Waals surface area (Å²) in [7, 11) is 0. The van der Waals surface area contributed by atoms with E-state index in [9.17, 15) is 20.2 Å². The summed E-state index contributed by atoms with van der Waals surface area (Å²) in [6, 6.07) is 11.5. The van der Waals surface area contributed by atoms with Crippen LogP contribution in [0.1, 0.15) is 62.5 Å². The van der Waals surface area contributed by atoms with Crippen molar-refractivity contribution in [2.75, 3.05) is 0 Å². The Hall–Kier alpha value is -2.96. The largest absolute Gasteiger partial charge is 0.489 e. The molecule has 0 heterocycles. The highest BCUT2D eigenvalue weighted by Crippen LogP contribution is 2.37. The van der Waals surface area contributed by atoms with Gasteiger partial charge in [-0.1, -0.05) is 31.9 Å². The molecule has 0 radical (unpaired) electrons. The fraction of sp³-hybridized carbons (Fsp3) is 0.455. The minimum Gasteiger partial charge on any atom is -0.489 e. The Morgan fingerprint density at radius 2 is 1.52 bits per heavy atom. The zero-order chi connectivity index (χ0) is 20.8. The molecule has 0 bridgehead atoms. The Bertz CT molecular complexity index is 826. The predicted molar refractivity (Wildman–Crippen MR) is 110 cm³/mol. The molecule has 1 saturated carbocycles. The van der Waals surface area contributed by atoms with Crippen LogP contribution in [0.4, 0.5) is 11.4 Å². The highest BCUT2D eigenvalue weighted by molar-refractivity contribution is 5.46. The molecule has 0 N–H and O–H groups in total. The number of nitro benzene ring substituents is 2. The van der Waals surface area contributed by atoms with E-state index in [1.165, 1.54) is 56.2 Å². The second-order valence-corrected chi connectivity index (χ2v) is 7.74. The first-order chi connectivity index (χ1) is 14.0. The van der Waals surface area contributed by atoms with Gasteiger partial charge >= 0.3 is 0 Å². The van der Waals surface area contributed by atoms with Crippen LogP contribution in [-0.4, -0.2) is 9.85 Å². The molecule has 3 rings (SSSR count). The number of rotatable bonds is 8. The molecular weight excluding hydrogens is 372 g/mol. The van der Waals surface area contributed by atoms with Crippen LogP contribution in [-0.2, 0) is 6.61 Å². The second-order valence-electron chi connectivity index (χ2n) is 7.74. The number of non-ortho nitro benzene ring substituents is 2. The summed E-state index contributed by atoms with van der Waals surface area (Å²) >= 11 is 0. The molecule has 1 aliphatic rings. The zero-order valence-electron chi connectivity index (χ0n) is 16.6. The van der Waals surface area contributed by atoms with Gasteiger partial charge in [-0.25, -0.2) is 0 Å². The Morgan fingerprint density at radius 1 is 0.931 bits per heavy atom. The van der Waals surface area contributed by atoms with Crippen molar-refractivity contribution < 1.29 is 14.6 Å². The summed E-state index contributed by atoms with van der Waals surface area (Å²) in [6.07, 6.45) is 7.62. The maximum absolute atomic E-state index is 11.0. The van der Waals surface area contributed by atoms with Crippen LogP contribution < -0.4 is 4.74 Å². The third-order valence-electron chi connectivity index (χ3n) is 5.68. The van der Waals surface area contributed by atoms with Crippen LogP contribution in [0.15, 0.2) is 42.5 Å². The van der Waals surface area contributed by atoms with Crippen molar-refractivity contribution in [3.8, 4) is 5.75 Å². The lowest BCUT2D eigenvalue weighted by Gasteiger charge is -2.28. The van der Waals surface area contributed by atoms with Crippen LogP contribution in [0.25, 0.3) is 0 Å². The van der Waals surface area contributed by atoms with E-state index in [0.29, 0.717) is 17.2 Å². The van der Waals surface area contributed by atoms with Gasteiger partial charge in [0.25, 0.3) is 11.4 Å². The first kappa shape index (κ1) is 20.8. The van der Waals surface area contributed by atoms with Crippen molar-refractivity contribution in [2.45, 2.75) is 58.0 Å². The second kappa shape index (κ2) is 9.49. The maximum atomic E-state index is 11.0. The summed E-state index contributed by atoms with van der Waals surface area (Å²) in [5.41, 5.74) is 1.08. The minimum absolute atomic E-state index is 0.0317. The van der Waals surface area contributed by atoms with E-state index < -0.39 is 9.85 Å². The van der Waals surface area contributed by atoms with Gasteiger partial charge in [0, 0.05) is 17.7 Å². The first-order valence-corrected chi connectivity index (χ1v) is 10.1. The van der Waals surface area contributed by atoms with Crippen molar-refractivity contribution >= 4 is 11.4 Å². The van der Waals surface area contributed by atoms with Crippen LogP contribution >= 0.6 is 0 Å².